The summed E-state index contributed by atoms with van der Waals surface area (Å²) in [5.74, 6) is -0.241. The smallest absolute Gasteiger partial charge is 0.303 e. The van der Waals surface area contributed by atoms with Gasteiger partial charge in [0.15, 0.2) is 0 Å². The molecule has 0 saturated heterocycles. The molecule has 0 unspecified atom stereocenters. The van der Waals surface area contributed by atoms with E-state index in [4.69, 9.17) is 9.84 Å². The van der Waals surface area contributed by atoms with Gasteiger partial charge in [0.05, 0.1) is 11.5 Å². The van der Waals surface area contributed by atoms with Crippen LogP contribution >= 0.6 is 11.3 Å². The van der Waals surface area contributed by atoms with Gasteiger partial charge >= 0.3 is 5.97 Å². The van der Waals surface area contributed by atoms with Gasteiger partial charge in [-0.1, -0.05) is 0 Å². The predicted molar refractivity (Wildman–Crippen MR) is 93.1 cm³/mol. The lowest BCUT2D eigenvalue weighted by Crippen LogP contribution is -2.10. The fourth-order valence-corrected chi connectivity index (χ4v) is 3.83. The Morgan fingerprint density at radius 3 is 2.71 bits per heavy atom. The molecule has 1 aliphatic carbocycles. The quantitative estimate of drug-likeness (QED) is 0.750. The summed E-state index contributed by atoms with van der Waals surface area (Å²) < 4.78 is 5.47. The van der Waals surface area contributed by atoms with Crippen LogP contribution in [0.15, 0.2) is 30.3 Å². The van der Waals surface area contributed by atoms with E-state index < -0.39 is 5.97 Å². The molecule has 0 bridgehead atoms. The van der Waals surface area contributed by atoms with Crippen molar-refractivity contribution in [3.8, 4) is 5.75 Å². The topological polar surface area (TPSA) is 75.6 Å². The van der Waals surface area contributed by atoms with Crippen LogP contribution in [0.5, 0.6) is 5.75 Å². The number of ether oxygens (including phenoxy) is 1. The summed E-state index contributed by atoms with van der Waals surface area (Å²) in [6.45, 7) is 0.360. The zero-order chi connectivity index (χ0) is 16.9. The molecule has 6 heteroatoms. The number of rotatable bonds is 7. The fourth-order valence-electron chi connectivity index (χ4n) is 2.68. The summed E-state index contributed by atoms with van der Waals surface area (Å²) in [6.07, 6.45) is 3.92. The van der Waals surface area contributed by atoms with Crippen LogP contribution in [0.3, 0.4) is 0 Å². The van der Waals surface area contributed by atoms with Crippen LogP contribution in [0.2, 0.25) is 0 Å². The number of benzene rings is 1. The minimum Gasteiger partial charge on any atom is -0.494 e. The molecule has 24 heavy (non-hydrogen) atoms. The van der Waals surface area contributed by atoms with Gasteiger partial charge in [0.2, 0.25) is 0 Å². The molecule has 0 spiro atoms. The molecule has 2 aromatic rings. The Balaban J connectivity index is 1.51. The summed E-state index contributed by atoms with van der Waals surface area (Å²) in [5, 5.41) is 11.5. The van der Waals surface area contributed by atoms with E-state index >= 15 is 0 Å². The average Bonchev–Trinajstić information content (AvgIpc) is 3.14. The van der Waals surface area contributed by atoms with Crippen molar-refractivity contribution in [1.29, 1.82) is 0 Å². The summed E-state index contributed by atoms with van der Waals surface area (Å²) >= 11 is 1.58. The van der Waals surface area contributed by atoms with Crippen LogP contribution in [0.25, 0.3) is 0 Å². The number of amides is 1. The zero-order valence-corrected chi connectivity index (χ0v) is 14.0. The maximum absolute atomic E-state index is 12.3. The van der Waals surface area contributed by atoms with Crippen LogP contribution in [0.1, 0.15) is 39.4 Å². The zero-order valence-electron chi connectivity index (χ0n) is 13.2. The number of fused-ring (bicyclic) bond motifs is 1. The third-order valence-corrected chi connectivity index (χ3v) is 5.12. The molecule has 1 heterocycles. The highest BCUT2D eigenvalue weighted by Gasteiger charge is 2.18. The first kappa shape index (κ1) is 16.5. The monoisotopic (exact) mass is 345 g/mol. The fraction of sp³-hybridized carbons (Fsp3) is 0.333. The summed E-state index contributed by atoms with van der Waals surface area (Å²) in [5.41, 5.74) is 2.03. The van der Waals surface area contributed by atoms with Crippen molar-refractivity contribution in [2.24, 2.45) is 0 Å². The number of anilines is 1. The van der Waals surface area contributed by atoms with Crippen LogP contribution in [0, 0.1) is 0 Å². The molecular weight excluding hydrogens is 326 g/mol. The van der Waals surface area contributed by atoms with Gasteiger partial charge in [-0.3, -0.25) is 9.59 Å². The van der Waals surface area contributed by atoms with E-state index in [0.29, 0.717) is 24.5 Å². The molecule has 0 aliphatic heterocycles. The van der Waals surface area contributed by atoms with E-state index in [9.17, 15) is 9.59 Å². The van der Waals surface area contributed by atoms with Gasteiger partial charge in [0.1, 0.15) is 5.75 Å². The second-order valence-corrected chi connectivity index (χ2v) is 6.87. The maximum Gasteiger partial charge on any atom is 0.303 e. The van der Waals surface area contributed by atoms with Crippen LogP contribution in [-0.2, 0) is 17.6 Å². The molecule has 1 aliphatic rings. The normalized spacial score (nSPS) is 12.7. The molecular formula is C18H19NO4S. The Morgan fingerprint density at radius 2 is 2.00 bits per heavy atom. The lowest BCUT2D eigenvalue weighted by atomic mass is 10.2. The number of nitrogens with one attached hydrogen (secondary N) is 1. The molecule has 5 nitrogen and oxygen atoms in total. The van der Waals surface area contributed by atoms with E-state index in [-0.39, 0.29) is 12.3 Å². The van der Waals surface area contributed by atoms with Crippen molar-refractivity contribution in [1.82, 2.24) is 0 Å². The third kappa shape index (κ3) is 4.14. The number of carboxylic acids is 1. The Labute approximate surface area is 144 Å². The first-order chi connectivity index (χ1) is 11.6. The van der Waals surface area contributed by atoms with E-state index in [0.717, 1.165) is 17.7 Å². The highest BCUT2D eigenvalue weighted by atomic mass is 32.1. The number of carbonyl (C=O) groups is 2. The van der Waals surface area contributed by atoms with Crippen molar-refractivity contribution < 1.29 is 19.4 Å². The highest BCUT2D eigenvalue weighted by Crippen LogP contribution is 2.31. The van der Waals surface area contributed by atoms with E-state index in [2.05, 4.69) is 5.32 Å². The van der Waals surface area contributed by atoms with Crippen molar-refractivity contribution >= 4 is 28.9 Å². The molecule has 0 fully saturated rings. The molecule has 0 saturated carbocycles. The van der Waals surface area contributed by atoms with Crippen molar-refractivity contribution in [3.05, 3.63) is 45.6 Å². The SMILES string of the molecule is O=C(O)CCCOc1ccc(NC(=O)c2cc3c(s2)CCC3)cc1. The summed E-state index contributed by atoms with van der Waals surface area (Å²) in [6, 6.07) is 9.11. The number of thiophene rings is 1. The molecule has 126 valence electrons. The van der Waals surface area contributed by atoms with E-state index in [1.54, 1.807) is 35.6 Å². The van der Waals surface area contributed by atoms with Crippen LogP contribution < -0.4 is 10.1 Å². The average molecular weight is 345 g/mol. The molecule has 1 aromatic heterocycles. The van der Waals surface area contributed by atoms with Gasteiger partial charge in [-0.05, 0) is 61.6 Å². The maximum atomic E-state index is 12.3. The third-order valence-electron chi connectivity index (χ3n) is 3.89. The molecule has 1 aromatic carbocycles. The summed E-state index contributed by atoms with van der Waals surface area (Å²) in [7, 11) is 0. The number of hydrogen-bond donors (Lipinski definition) is 2. The molecule has 3 rings (SSSR count). The Bertz CT molecular complexity index is 714. The van der Waals surface area contributed by atoms with Gasteiger partial charge in [-0.15, -0.1) is 11.3 Å². The lowest BCUT2D eigenvalue weighted by Gasteiger charge is -2.07. The van der Waals surface area contributed by atoms with Crippen molar-refractivity contribution in [3.63, 3.8) is 0 Å². The first-order valence-corrected chi connectivity index (χ1v) is 8.81. The minimum absolute atomic E-state index is 0.0791. The van der Waals surface area contributed by atoms with Gasteiger partial charge in [-0.25, -0.2) is 0 Å². The number of aryl methyl sites for hydroxylation is 2. The summed E-state index contributed by atoms with van der Waals surface area (Å²) in [4.78, 5) is 24.8. The second-order valence-electron chi connectivity index (χ2n) is 5.74. The number of aliphatic carboxylic acids is 1. The molecule has 0 radical (unpaired) electrons. The predicted octanol–water partition coefficient (Wildman–Crippen LogP) is 3.73. The Hall–Kier alpha value is -2.34. The Morgan fingerprint density at radius 1 is 1.21 bits per heavy atom. The highest BCUT2D eigenvalue weighted by molar-refractivity contribution is 7.14. The van der Waals surface area contributed by atoms with Gasteiger partial charge in [-0.2, -0.15) is 0 Å². The van der Waals surface area contributed by atoms with Gasteiger partial charge < -0.3 is 15.2 Å². The molecule has 1 amide bonds. The Kier molecular flexibility index (Phi) is 5.15. The van der Waals surface area contributed by atoms with Crippen LogP contribution in [-0.4, -0.2) is 23.6 Å². The lowest BCUT2D eigenvalue weighted by molar-refractivity contribution is -0.137. The van der Waals surface area contributed by atoms with Crippen molar-refractivity contribution in [2.75, 3.05) is 11.9 Å². The van der Waals surface area contributed by atoms with E-state index in [1.165, 1.54) is 16.9 Å². The minimum atomic E-state index is -0.823. The van der Waals surface area contributed by atoms with Gasteiger partial charge in [0.25, 0.3) is 5.91 Å². The number of hydrogen-bond acceptors (Lipinski definition) is 4. The van der Waals surface area contributed by atoms with Crippen LogP contribution in [0.4, 0.5) is 5.69 Å². The number of carboxylic acid groups (broad SMARTS) is 1. The molecule has 2 N–H and O–H groups in total. The number of carbonyl (C=O) groups excluding carboxylic acids is 1. The van der Waals surface area contributed by atoms with Gasteiger partial charge in [0, 0.05) is 17.0 Å². The van der Waals surface area contributed by atoms with E-state index in [1.807, 2.05) is 6.07 Å². The largest absolute Gasteiger partial charge is 0.494 e. The molecule has 0 atom stereocenters. The second kappa shape index (κ2) is 7.49. The van der Waals surface area contributed by atoms with Crippen molar-refractivity contribution in [2.45, 2.75) is 32.1 Å². The standard InChI is InChI=1S/C18H19NO4S/c20-17(21)5-2-10-23-14-8-6-13(7-9-14)19-18(22)16-11-12-3-1-4-15(12)24-16/h6-9,11H,1-5,10H2,(H,19,22)(H,20,21). The first-order valence-electron chi connectivity index (χ1n) is 7.99.